The minimum Gasteiger partial charge on any atom is -0.276 e. The highest BCUT2D eigenvalue weighted by molar-refractivity contribution is 7.91. The van der Waals surface area contributed by atoms with E-state index in [-0.39, 0.29) is 29.7 Å². The molecular formula is C15H18ClF3O3S. The van der Waals surface area contributed by atoms with Crippen LogP contribution in [0.4, 0.5) is 13.2 Å². The van der Waals surface area contributed by atoms with Gasteiger partial charge in [0.25, 0.3) is 5.24 Å². The van der Waals surface area contributed by atoms with Crippen molar-refractivity contribution in [2.24, 2.45) is 0 Å². The first-order chi connectivity index (χ1) is 10.5. The molecule has 0 radical (unpaired) electrons. The van der Waals surface area contributed by atoms with Crippen molar-refractivity contribution in [3.8, 4) is 0 Å². The summed E-state index contributed by atoms with van der Waals surface area (Å²) >= 11 is 5.32. The van der Waals surface area contributed by atoms with Crippen molar-refractivity contribution in [3.63, 3.8) is 0 Å². The minimum absolute atomic E-state index is 0.187. The van der Waals surface area contributed by atoms with Gasteiger partial charge < -0.3 is 0 Å². The molecule has 0 spiro atoms. The van der Waals surface area contributed by atoms with Gasteiger partial charge >= 0.3 is 6.18 Å². The lowest BCUT2D eigenvalue weighted by Crippen LogP contribution is -2.17. The average molecular weight is 371 g/mol. The van der Waals surface area contributed by atoms with Crippen LogP contribution in [0.5, 0.6) is 0 Å². The van der Waals surface area contributed by atoms with Crippen LogP contribution < -0.4 is 0 Å². The van der Waals surface area contributed by atoms with Crippen molar-refractivity contribution in [1.29, 1.82) is 0 Å². The molecule has 0 aliphatic carbocycles. The molecule has 8 heteroatoms. The Kier molecular flexibility index (Phi) is 6.65. The minimum atomic E-state index is -4.89. The van der Waals surface area contributed by atoms with E-state index in [9.17, 15) is 26.4 Å². The Morgan fingerprint density at radius 2 is 1.78 bits per heavy atom. The van der Waals surface area contributed by atoms with E-state index < -0.39 is 31.7 Å². The van der Waals surface area contributed by atoms with Crippen LogP contribution in [0, 0.1) is 0 Å². The summed E-state index contributed by atoms with van der Waals surface area (Å²) in [6.07, 6.45) is -3.04. The molecule has 23 heavy (non-hydrogen) atoms. The summed E-state index contributed by atoms with van der Waals surface area (Å²) in [6.45, 7) is 3.48. The summed E-state index contributed by atoms with van der Waals surface area (Å²) in [5.74, 6) is -0.360. The topological polar surface area (TPSA) is 51.2 Å². The van der Waals surface area contributed by atoms with Crippen molar-refractivity contribution < 1.29 is 26.4 Å². The lowest BCUT2D eigenvalue weighted by molar-refractivity contribution is -0.139. The fourth-order valence-electron chi connectivity index (χ4n) is 2.23. The van der Waals surface area contributed by atoms with E-state index in [4.69, 9.17) is 11.6 Å². The number of hydrogen-bond donors (Lipinski definition) is 0. The van der Waals surface area contributed by atoms with Crippen LogP contribution in [0.1, 0.15) is 54.6 Å². The number of hydrogen-bond acceptors (Lipinski definition) is 3. The molecule has 0 unspecified atom stereocenters. The molecule has 0 saturated heterocycles. The largest absolute Gasteiger partial charge is 0.417 e. The molecule has 0 N–H and O–H groups in total. The van der Waals surface area contributed by atoms with Crippen molar-refractivity contribution >= 4 is 26.7 Å². The van der Waals surface area contributed by atoms with Gasteiger partial charge in [0.05, 0.1) is 16.2 Å². The van der Waals surface area contributed by atoms with E-state index in [0.29, 0.717) is 12.5 Å². The summed E-state index contributed by atoms with van der Waals surface area (Å²) in [4.78, 5) is 10.5. The number of carbonyl (C=O) groups is 1. The molecule has 3 nitrogen and oxygen atoms in total. The molecular weight excluding hydrogens is 353 g/mol. The molecule has 0 aliphatic heterocycles. The fourth-order valence-corrected chi connectivity index (χ4v) is 4.04. The van der Waals surface area contributed by atoms with E-state index in [1.54, 1.807) is 6.92 Å². The maximum Gasteiger partial charge on any atom is 0.417 e. The second-order valence-electron chi connectivity index (χ2n) is 5.16. The lowest BCUT2D eigenvalue weighted by atomic mass is 10.0. The molecule has 0 atom stereocenters. The molecule has 0 aliphatic rings. The Hall–Kier alpha value is -1.08. The molecule has 1 aromatic rings. The number of benzene rings is 1. The predicted octanol–water partition coefficient (Wildman–Crippen LogP) is 4.61. The van der Waals surface area contributed by atoms with Crippen molar-refractivity contribution in [1.82, 2.24) is 0 Å². The molecule has 0 fully saturated rings. The number of halogens is 4. The first-order valence-electron chi connectivity index (χ1n) is 7.21. The van der Waals surface area contributed by atoms with Crippen LogP contribution >= 0.6 is 11.6 Å². The molecule has 0 saturated carbocycles. The molecule has 0 bridgehead atoms. The zero-order valence-electron chi connectivity index (χ0n) is 12.8. The number of unbranched alkanes of at least 4 members (excludes halogenated alkanes) is 2. The van der Waals surface area contributed by atoms with Gasteiger partial charge in [0.2, 0.25) is 0 Å². The predicted molar refractivity (Wildman–Crippen MR) is 82.6 cm³/mol. The third kappa shape index (κ3) is 4.94. The zero-order chi connectivity index (χ0) is 17.8. The normalized spacial score (nSPS) is 12.4. The van der Waals surface area contributed by atoms with Gasteiger partial charge in [-0.05, 0) is 42.1 Å². The molecule has 1 aromatic carbocycles. The molecule has 0 aromatic heterocycles. The fraction of sp³-hybridized carbons (Fsp3) is 0.533. The Morgan fingerprint density at radius 3 is 2.22 bits per heavy atom. The van der Waals surface area contributed by atoms with E-state index >= 15 is 0 Å². The van der Waals surface area contributed by atoms with E-state index in [1.807, 2.05) is 6.92 Å². The van der Waals surface area contributed by atoms with Gasteiger partial charge in [-0.1, -0.05) is 26.7 Å². The summed E-state index contributed by atoms with van der Waals surface area (Å²) < 4.78 is 64.3. The number of rotatable bonds is 7. The summed E-state index contributed by atoms with van der Waals surface area (Å²) in [5, 5.41) is -1.04. The third-order valence-electron chi connectivity index (χ3n) is 3.46. The molecule has 1 rings (SSSR count). The van der Waals surface area contributed by atoms with E-state index in [1.165, 1.54) is 0 Å². The highest BCUT2D eigenvalue weighted by Gasteiger charge is 2.38. The van der Waals surface area contributed by atoms with Crippen molar-refractivity contribution in [2.45, 2.75) is 50.6 Å². The van der Waals surface area contributed by atoms with Gasteiger partial charge in [0.1, 0.15) is 0 Å². The standard InChI is InChI=1S/C15H18ClF3O3S/c1-3-5-6-7-23(21,22)13-8-10(4-2)11(14(16)20)9-12(13)15(17,18)19/h8-9H,3-7H2,1-2H3. The van der Waals surface area contributed by atoms with Crippen LogP contribution in [0.3, 0.4) is 0 Å². The molecule has 0 amide bonds. The first-order valence-corrected chi connectivity index (χ1v) is 9.24. The van der Waals surface area contributed by atoms with Gasteiger partial charge in [-0.15, -0.1) is 0 Å². The third-order valence-corrected chi connectivity index (χ3v) is 5.49. The van der Waals surface area contributed by atoms with Crippen LogP contribution in [0.2, 0.25) is 0 Å². The Morgan fingerprint density at radius 1 is 1.17 bits per heavy atom. The molecule has 130 valence electrons. The number of carbonyl (C=O) groups excluding carboxylic acids is 1. The van der Waals surface area contributed by atoms with Crippen LogP contribution in [0.15, 0.2) is 17.0 Å². The van der Waals surface area contributed by atoms with Gasteiger partial charge in [0.15, 0.2) is 9.84 Å². The van der Waals surface area contributed by atoms with Gasteiger partial charge in [-0.3, -0.25) is 4.79 Å². The Bertz CT molecular complexity index is 682. The average Bonchev–Trinajstić information content (AvgIpc) is 2.44. The number of alkyl halides is 3. The quantitative estimate of drug-likeness (QED) is 0.520. The summed E-state index contributed by atoms with van der Waals surface area (Å²) in [7, 11) is -4.10. The number of sulfone groups is 1. The van der Waals surface area contributed by atoms with Gasteiger partial charge in [-0.2, -0.15) is 13.2 Å². The van der Waals surface area contributed by atoms with Crippen LogP contribution in [0.25, 0.3) is 0 Å². The zero-order valence-corrected chi connectivity index (χ0v) is 14.4. The maximum atomic E-state index is 13.2. The smallest absolute Gasteiger partial charge is 0.276 e. The SMILES string of the molecule is CCCCCS(=O)(=O)c1cc(CC)c(C(=O)Cl)cc1C(F)(F)F. The van der Waals surface area contributed by atoms with Crippen LogP contribution in [-0.2, 0) is 22.4 Å². The van der Waals surface area contributed by atoms with Crippen molar-refractivity contribution in [3.05, 3.63) is 28.8 Å². The van der Waals surface area contributed by atoms with Crippen molar-refractivity contribution in [2.75, 3.05) is 5.75 Å². The van der Waals surface area contributed by atoms with Crippen LogP contribution in [-0.4, -0.2) is 19.4 Å². The summed E-state index contributed by atoms with van der Waals surface area (Å²) in [5.41, 5.74) is -1.46. The highest BCUT2D eigenvalue weighted by atomic mass is 35.5. The lowest BCUT2D eigenvalue weighted by Gasteiger charge is -2.16. The highest BCUT2D eigenvalue weighted by Crippen LogP contribution is 2.37. The van der Waals surface area contributed by atoms with Gasteiger partial charge in [-0.25, -0.2) is 8.42 Å². The Balaban J connectivity index is 3.54. The maximum absolute atomic E-state index is 13.2. The monoisotopic (exact) mass is 370 g/mol. The van der Waals surface area contributed by atoms with E-state index in [0.717, 1.165) is 12.5 Å². The first kappa shape index (κ1) is 20.0. The second-order valence-corrected chi connectivity index (χ2v) is 7.58. The number of aryl methyl sites for hydroxylation is 1. The van der Waals surface area contributed by atoms with Gasteiger partial charge in [0, 0.05) is 5.56 Å². The Labute approximate surface area is 138 Å². The second kappa shape index (κ2) is 7.66. The summed E-state index contributed by atoms with van der Waals surface area (Å²) in [6, 6.07) is 1.47. The van der Waals surface area contributed by atoms with E-state index in [2.05, 4.69) is 0 Å². The molecule has 0 heterocycles.